The Morgan fingerprint density at radius 1 is 0.281 bits per heavy atom. The standard InChI is InChI=1S/C62H41NO/c1-3-15-40(16-4-1)41-27-31-44(32-28-41)63(46-35-36-51-50-21-13-14-26-57(50)64-58(51)39-46)45-33-29-43(30-34-45)48-37-38-56(49-20-8-7-19-47(49)42-17-5-2-6-18-42)62-60-54-24-11-9-22-52(54)59(61(48)62)53-23-10-12-25-55(53)60/h1-39,59-60H. The molecular formula is C62H41NO. The van der Waals surface area contributed by atoms with E-state index in [-0.39, 0.29) is 11.8 Å². The molecule has 300 valence electrons. The van der Waals surface area contributed by atoms with Gasteiger partial charge in [-0.3, -0.25) is 0 Å². The number of anilines is 3. The van der Waals surface area contributed by atoms with E-state index >= 15 is 0 Å². The predicted molar refractivity (Wildman–Crippen MR) is 265 cm³/mol. The average Bonchev–Trinajstić information content (AvgIpc) is 3.75. The second kappa shape index (κ2) is 14.7. The van der Waals surface area contributed by atoms with Crippen LogP contribution in [0.15, 0.2) is 241 Å². The van der Waals surface area contributed by atoms with Crippen LogP contribution in [0.4, 0.5) is 17.1 Å². The molecule has 1 aromatic heterocycles. The number of benzene rings is 10. The van der Waals surface area contributed by atoms with E-state index in [1.165, 1.54) is 77.9 Å². The van der Waals surface area contributed by atoms with Crippen LogP contribution in [0.5, 0.6) is 0 Å². The Morgan fingerprint density at radius 2 is 0.719 bits per heavy atom. The summed E-state index contributed by atoms with van der Waals surface area (Å²) in [6, 6.07) is 86.5. The zero-order valence-corrected chi connectivity index (χ0v) is 35.0. The monoisotopic (exact) mass is 815 g/mol. The number of nitrogens with zero attached hydrogens (tertiary/aromatic N) is 1. The van der Waals surface area contributed by atoms with Gasteiger partial charge in [0.25, 0.3) is 0 Å². The fourth-order valence-corrected chi connectivity index (χ4v) is 10.9. The van der Waals surface area contributed by atoms with Gasteiger partial charge >= 0.3 is 0 Å². The Labute approximate surface area is 373 Å². The SMILES string of the molecule is c1ccc(-c2ccc(N(c3ccc(-c4ccc(-c5ccccc5-c5ccccc5)c5c4C4c6ccccc6C5c5ccccc54)cc3)c3ccc4c(c3)oc3ccccc34)cc2)cc1. The molecular weight excluding hydrogens is 775 g/mol. The van der Waals surface area contributed by atoms with Crippen molar-refractivity contribution in [2.24, 2.45) is 0 Å². The molecule has 0 saturated heterocycles. The Bertz CT molecular complexity index is 3500. The van der Waals surface area contributed by atoms with E-state index in [1.807, 2.05) is 12.1 Å². The molecule has 2 heteroatoms. The van der Waals surface area contributed by atoms with Gasteiger partial charge in [-0.1, -0.05) is 188 Å². The first-order valence-electron chi connectivity index (χ1n) is 22.2. The van der Waals surface area contributed by atoms with Gasteiger partial charge in [-0.25, -0.2) is 0 Å². The highest BCUT2D eigenvalue weighted by molar-refractivity contribution is 6.06. The quantitative estimate of drug-likeness (QED) is 0.159. The normalized spacial score (nSPS) is 14.6. The molecule has 0 fully saturated rings. The zero-order valence-electron chi connectivity index (χ0n) is 35.0. The van der Waals surface area contributed by atoms with Gasteiger partial charge < -0.3 is 9.32 Å². The van der Waals surface area contributed by atoms with Crippen LogP contribution in [0, 0.1) is 0 Å². The van der Waals surface area contributed by atoms with Crippen LogP contribution in [-0.2, 0) is 0 Å². The van der Waals surface area contributed by atoms with Gasteiger partial charge in [-0.05, 0) is 120 Å². The summed E-state index contributed by atoms with van der Waals surface area (Å²) in [6.45, 7) is 0. The van der Waals surface area contributed by atoms with Crippen LogP contribution in [-0.4, -0.2) is 0 Å². The largest absolute Gasteiger partial charge is 0.456 e. The van der Waals surface area contributed by atoms with Gasteiger partial charge in [0.15, 0.2) is 0 Å². The van der Waals surface area contributed by atoms with E-state index in [1.54, 1.807) is 0 Å². The molecule has 10 aromatic carbocycles. The molecule has 0 aliphatic heterocycles. The predicted octanol–water partition coefficient (Wildman–Crippen LogP) is 16.7. The van der Waals surface area contributed by atoms with Gasteiger partial charge in [-0.15, -0.1) is 0 Å². The van der Waals surface area contributed by atoms with Crippen molar-refractivity contribution in [1.82, 2.24) is 0 Å². The van der Waals surface area contributed by atoms with Crippen LogP contribution < -0.4 is 4.90 Å². The minimum atomic E-state index is 0.112. The third kappa shape index (κ3) is 5.73. The first-order chi connectivity index (χ1) is 31.8. The second-order valence-electron chi connectivity index (χ2n) is 17.1. The summed E-state index contributed by atoms with van der Waals surface area (Å²) in [7, 11) is 0. The summed E-state index contributed by atoms with van der Waals surface area (Å²) in [5, 5.41) is 2.25. The summed E-state index contributed by atoms with van der Waals surface area (Å²) in [6.07, 6.45) is 0. The minimum Gasteiger partial charge on any atom is -0.456 e. The van der Waals surface area contributed by atoms with Crippen molar-refractivity contribution in [2.75, 3.05) is 4.90 Å². The van der Waals surface area contributed by atoms with Crippen molar-refractivity contribution < 1.29 is 4.42 Å². The lowest BCUT2D eigenvalue weighted by Crippen LogP contribution is -2.28. The number of fused-ring (bicyclic) bond motifs is 3. The van der Waals surface area contributed by atoms with Crippen LogP contribution in [0.1, 0.15) is 45.2 Å². The van der Waals surface area contributed by atoms with Crippen molar-refractivity contribution >= 4 is 39.0 Å². The molecule has 3 aliphatic rings. The van der Waals surface area contributed by atoms with E-state index in [2.05, 4.69) is 229 Å². The zero-order chi connectivity index (χ0) is 42.1. The van der Waals surface area contributed by atoms with Crippen molar-refractivity contribution in [3.05, 3.63) is 270 Å². The average molecular weight is 816 g/mol. The molecule has 0 N–H and O–H groups in total. The molecule has 11 aromatic rings. The molecule has 1 heterocycles. The Morgan fingerprint density at radius 3 is 1.36 bits per heavy atom. The van der Waals surface area contributed by atoms with Crippen molar-refractivity contribution in [1.29, 1.82) is 0 Å². The lowest BCUT2D eigenvalue weighted by atomic mass is 9.58. The van der Waals surface area contributed by atoms with Crippen LogP contribution in [0.3, 0.4) is 0 Å². The van der Waals surface area contributed by atoms with Crippen LogP contribution >= 0.6 is 0 Å². The number of hydrogen-bond donors (Lipinski definition) is 0. The molecule has 0 amide bonds. The first-order valence-corrected chi connectivity index (χ1v) is 22.2. The fraction of sp³-hybridized carbons (Fsp3) is 0.0323. The molecule has 14 rings (SSSR count). The van der Waals surface area contributed by atoms with Crippen molar-refractivity contribution in [3.8, 4) is 44.5 Å². The number of furan rings is 1. The molecule has 0 atom stereocenters. The Hall–Kier alpha value is -8.20. The molecule has 0 unspecified atom stereocenters. The lowest BCUT2D eigenvalue weighted by molar-refractivity contribution is 0.669. The van der Waals surface area contributed by atoms with E-state index in [0.717, 1.165) is 39.0 Å². The molecule has 2 bridgehead atoms. The topological polar surface area (TPSA) is 16.4 Å². The highest BCUT2D eigenvalue weighted by Gasteiger charge is 2.44. The van der Waals surface area contributed by atoms with Crippen LogP contribution in [0.25, 0.3) is 66.4 Å². The third-order valence-corrected chi connectivity index (χ3v) is 13.7. The summed E-state index contributed by atoms with van der Waals surface area (Å²) < 4.78 is 6.44. The fourth-order valence-electron chi connectivity index (χ4n) is 10.9. The third-order valence-electron chi connectivity index (χ3n) is 13.7. The maximum absolute atomic E-state index is 6.44. The molecule has 0 saturated carbocycles. The Kier molecular flexibility index (Phi) is 8.39. The number of rotatable bonds is 7. The maximum atomic E-state index is 6.44. The molecule has 2 nitrogen and oxygen atoms in total. The smallest absolute Gasteiger partial charge is 0.137 e. The lowest BCUT2D eigenvalue weighted by Gasteiger charge is -2.44. The minimum absolute atomic E-state index is 0.112. The van der Waals surface area contributed by atoms with Crippen molar-refractivity contribution in [3.63, 3.8) is 0 Å². The van der Waals surface area contributed by atoms with Crippen LogP contribution in [0.2, 0.25) is 0 Å². The highest BCUT2D eigenvalue weighted by Crippen LogP contribution is 2.60. The van der Waals surface area contributed by atoms with Gasteiger partial charge in [0.2, 0.25) is 0 Å². The van der Waals surface area contributed by atoms with Crippen molar-refractivity contribution in [2.45, 2.75) is 11.8 Å². The van der Waals surface area contributed by atoms with E-state index in [9.17, 15) is 0 Å². The summed E-state index contributed by atoms with van der Waals surface area (Å²) >= 11 is 0. The molecule has 0 radical (unpaired) electrons. The van der Waals surface area contributed by atoms with Gasteiger partial charge in [-0.2, -0.15) is 0 Å². The number of hydrogen-bond acceptors (Lipinski definition) is 2. The number of para-hydroxylation sites is 1. The van der Waals surface area contributed by atoms with Gasteiger partial charge in [0, 0.05) is 45.7 Å². The highest BCUT2D eigenvalue weighted by atomic mass is 16.3. The van der Waals surface area contributed by atoms with Gasteiger partial charge in [0.05, 0.1) is 0 Å². The summed E-state index contributed by atoms with van der Waals surface area (Å²) in [5.41, 5.74) is 23.4. The summed E-state index contributed by atoms with van der Waals surface area (Å²) in [5.74, 6) is 0.231. The van der Waals surface area contributed by atoms with E-state index in [0.29, 0.717) is 0 Å². The summed E-state index contributed by atoms with van der Waals surface area (Å²) in [4.78, 5) is 2.35. The maximum Gasteiger partial charge on any atom is 0.137 e. The Balaban J connectivity index is 0.981. The van der Waals surface area contributed by atoms with Gasteiger partial charge in [0.1, 0.15) is 11.2 Å². The molecule has 0 spiro atoms. The van der Waals surface area contributed by atoms with E-state index in [4.69, 9.17) is 4.42 Å². The second-order valence-corrected chi connectivity index (χ2v) is 17.1. The van der Waals surface area contributed by atoms with E-state index < -0.39 is 0 Å². The first kappa shape index (κ1) is 36.5. The molecule has 64 heavy (non-hydrogen) atoms. The molecule has 3 aliphatic carbocycles.